The molecule has 0 fully saturated rings. The van der Waals surface area contributed by atoms with Crippen molar-refractivity contribution in [2.24, 2.45) is 10.7 Å². The monoisotopic (exact) mass is 325 g/mol. The third-order valence-electron chi connectivity index (χ3n) is 2.91. The molecule has 0 bridgehead atoms. The number of aliphatic imine (C=N–C) groups is 1. The van der Waals surface area contributed by atoms with Crippen molar-refractivity contribution in [3.63, 3.8) is 0 Å². The van der Waals surface area contributed by atoms with E-state index in [1.54, 1.807) is 42.5 Å². The summed E-state index contributed by atoms with van der Waals surface area (Å²) in [6, 6.07) is 14.5. The van der Waals surface area contributed by atoms with E-state index >= 15 is 0 Å². The Morgan fingerprint density at radius 2 is 1.92 bits per heavy atom. The highest BCUT2D eigenvalue weighted by molar-refractivity contribution is 5.73. The summed E-state index contributed by atoms with van der Waals surface area (Å²) in [6.45, 7) is 3.44. The molecule has 5 nitrogen and oxygen atoms in total. The fourth-order valence-corrected chi connectivity index (χ4v) is 1.84. The standard InChI is InChI=1S/C18H16FN3O2/c1-21-16(13-6-5-7-14(19)12-13)10-11-17(20)22-18(23)24-15-8-3-2-4-9-15/h2-12H,1,20H2,(H,22,23)/b16-10-,17-11+. The van der Waals surface area contributed by atoms with Gasteiger partial charge in [0.2, 0.25) is 0 Å². The summed E-state index contributed by atoms with van der Waals surface area (Å²) in [4.78, 5) is 15.5. The van der Waals surface area contributed by atoms with Crippen molar-refractivity contribution >= 4 is 18.5 Å². The van der Waals surface area contributed by atoms with Crippen LogP contribution in [0.4, 0.5) is 9.18 Å². The smallest absolute Gasteiger partial charge is 0.410 e. The van der Waals surface area contributed by atoms with Gasteiger partial charge in [-0.3, -0.25) is 10.3 Å². The molecular weight excluding hydrogens is 309 g/mol. The van der Waals surface area contributed by atoms with E-state index in [-0.39, 0.29) is 11.6 Å². The molecule has 6 heteroatoms. The summed E-state index contributed by atoms with van der Waals surface area (Å²) in [5.41, 5.74) is 6.66. The zero-order valence-corrected chi connectivity index (χ0v) is 12.8. The zero-order valence-electron chi connectivity index (χ0n) is 12.8. The maximum Gasteiger partial charge on any atom is 0.418 e. The molecule has 2 aromatic rings. The molecule has 122 valence electrons. The highest BCUT2D eigenvalue weighted by Crippen LogP contribution is 2.16. The molecule has 0 aliphatic carbocycles. The Bertz CT molecular complexity index is 786. The van der Waals surface area contributed by atoms with Gasteiger partial charge in [-0.1, -0.05) is 30.3 Å². The molecule has 0 aliphatic heterocycles. The summed E-state index contributed by atoms with van der Waals surface area (Å²) < 4.78 is 18.3. The van der Waals surface area contributed by atoms with E-state index < -0.39 is 6.09 Å². The normalized spacial score (nSPS) is 11.7. The molecule has 0 aromatic heterocycles. The molecule has 0 unspecified atom stereocenters. The SMILES string of the molecule is C=N/C(=C\C=C(/N)NC(=O)Oc1ccccc1)c1cccc(F)c1. The average Bonchev–Trinajstić information content (AvgIpc) is 2.56. The number of benzene rings is 2. The highest BCUT2D eigenvalue weighted by Gasteiger charge is 2.04. The van der Waals surface area contributed by atoms with Gasteiger partial charge in [0.25, 0.3) is 0 Å². The molecule has 0 saturated heterocycles. The first-order chi connectivity index (χ1) is 11.6. The summed E-state index contributed by atoms with van der Waals surface area (Å²) in [5.74, 6) is 0.0589. The number of hydrogen-bond acceptors (Lipinski definition) is 4. The lowest BCUT2D eigenvalue weighted by Gasteiger charge is -2.06. The van der Waals surface area contributed by atoms with Crippen LogP contribution >= 0.6 is 0 Å². The van der Waals surface area contributed by atoms with Crippen LogP contribution in [0.1, 0.15) is 5.56 Å². The Balaban J connectivity index is 2.03. The van der Waals surface area contributed by atoms with Crippen LogP contribution in [0, 0.1) is 5.82 Å². The van der Waals surface area contributed by atoms with Gasteiger partial charge in [-0.2, -0.15) is 0 Å². The molecular formula is C18H16FN3O2. The van der Waals surface area contributed by atoms with Gasteiger partial charge in [0.1, 0.15) is 17.4 Å². The topological polar surface area (TPSA) is 76.7 Å². The van der Waals surface area contributed by atoms with Crippen molar-refractivity contribution in [1.29, 1.82) is 0 Å². The molecule has 0 radical (unpaired) electrons. The summed E-state index contributed by atoms with van der Waals surface area (Å²) in [7, 11) is 0. The first-order valence-electron chi connectivity index (χ1n) is 7.02. The molecule has 0 saturated carbocycles. The van der Waals surface area contributed by atoms with Gasteiger partial charge < -0.3 is 10.5 Å². The number of carbonyl (C=O) groups is 1. The lowest BCUT2D eigenvalue weighted by Crippen LogP contribution is -2.30. The van der Waals surface area contributed by atoms with Gasteiger partial charge >= 0.3 is 6.09 Å². The summed E-state index contributed by atoms with van der Waals surface area (Å²) >= 11 is 0. The average molecular weight is 325 g/mol. The minimum absolute atomic E-state index is 0.0495. The van der Waals surface area contributed by atoms with Crippen molar-refractivity contribution < 1.29 is 13.9 Å². The van der Waals surface area contributed by atoms with E-state index in [0.717, 1.165) is 0 Å². The van der Waals surface area contributed by atoms with Crippen LogP contribution in [0.5, 0.6) is 5.75 Å². The van der Waals surface area contributed by atoms with Crippen molar-refractivity contribution in [2.75, 3.05) is 0 Å². The number of ether oxygens (including phenoxy) is 1. The predicted molar refractivity (Wildman–Crippen MR) is 91.8 cm³/mol. The maximum atomic E-state index is 13.2. The quantitative estimate of drug-likeness (QED) is 0.653. The van der Waals surface area contributed by atoms with Crippen molar-refractivity contribution in [1.82, 2.24) is 5.32 Å². The molecule has 2 rings (SSSR count). The predicted octanol–water partition coefficient (Wildman–Crippen LogP) is 3.46. The Kier molecular flexibility index (Phi) is 5.85. The third kappa shape index (κ3) is 5.10. The zero-order chi connectivity index (χ0) is 17.4. The second-order valence-electron chi connectivity index (χ2n) is 4.67. The largest absolute Gasteiger partial charge is 0.418 e. The van der Waals surface area contributed by atoms with Crippen LogP contribution in [-0.2, 0) is 0 Å². The number of nitrogens with one attached hydrogen (secondary N) is 1. The number of amides is 1. The first kappa shape index (κ1) is 17.0. The number of hydrogen-bond donors (Lipinski definition) is 2. The van der Waals surface area contributed by atoms with Crippen LogP contribution < -0.4 is 15.8 Å². The molecule has 2 aromatic carbocycles. The van der Waals surface area contributed by atoms with E-state index in [2.05, 4.69) is 17.0 Å². The van der Waals surface area contributed by atoms with Gasteiger partial charge in [-0.05, 0) is 43.1 Å². The number of rotatable bonds is 5. The van der Waals surface area contributed by atoms with Gasteiger partial charge in [-0.25, -0.2) is 9.18 Å². The Morgan fingerprint density at radius 1 is 1.17 bits per heavy atom. The molecule has 24 heavy (non-hydrogen) atoms. The van der Waals surface area contributed by atoms with Gasteiger partial charge in [0.05, 0.1) is 5.70 Å². The number of carbonyl (C=O) groups excluding carboxylic acids is 1. The molecule has 0 heterocycles. The van der Waals surface area contributed by atoms with Crippen LogP contribution in [-0.4, -0.2) is 12.8 Å². The molecule has 1 amide bonds. The highest BCUT2D eigenvalue weighted by atomic mass is 19.1. The van der Waals surface area contributed by atoms with Crippen molar-refractivity contribution in [3.05, 3.63) is 84.0 Å². The molecule has 0 spiro atoms. The number of nitrogens with zero attached hydrogens (tertiary/aromatic N) is 1. The number of allylic oxidation sites excluding steroid dienone is 2. The van der Waals surface area contributed by atoms with E-state index in [4.69, 9.17) is 10.5 Å². The minimum atomic E-state index is -0.720. The van der Waals surface area contributed by atoms with Crippen LogP contribution in [0.2, 0.25) is 0 Å². The molecule has 3 N–H and O–H groups in total. The summed E-state index contributed by atoms with van der Waals surface area (Å²) in [6.07, 6.45) is 2.21. The molecule has 0 aliphatic rings. The van der Waals surface area contributed by atoms with E-state index in [1.807, 2.05) is 0 Å². The Morgan fingerprint density at radius 3 is 2.58 bits per heavy atom. The Hall–Kier alpha value is -3.41. The third-order valence-corrected chi connectivity index (χ3v) is 2.91. The van der Waals surface area contributed by atoms with Gasteiger partial charge in [0.15, 0.2) is 0 Å². The maximum absolute atomic E-state index is 13.2. The first-order valence-corrected chi connectivity index (χ1v) is 7.02. The van der Waals surface area contributed by atoms with Crippen molar-refractivity contribution in [2.45, 2.75) is 0 Å². The van der Waals surface area contributed by atoms with Gasteiger partial charge in [0, 0.05) is 5.56 Å². The minimum Gasteiger partial charge on any atom is -0.410 e. The van der Waals surface area contributed by atoms with Crippen LogP contribution in [0.25, 0.3) is 5.70 Å². The van der Waals surface area contributed by atoms with Crippen LogP contribution in [0.15, 0.2) is 77.6 Å². The lowest BCUT2D eigenvalue weighted by molar-refractivity contribution is 0.203. The van der Waals surface area contributed by atoms with E-state index in [9.17, 15) is 9.18 Å². The lowest BCUT2D eigenvalue weighted by atomic mass is 10.1. The second kappa shape index (κ2) is 8.28. The number of halogens is 1. The fourth-order valence-electron chi connectivity index (χ4n) is 1.84. The number of nitrogens with two attached hydrogens (primary N) is 1. The van der Waals surface area contributed by atoms with Crippen molar-refractivity contribution in [3.8, 4) is 5.75 Å². The fraction of sp³-hybridized carbons (Fsp3) is 0. The Labute approximate surface area is 139 Å². The van der Waals surface area contributed by atoms with Crippen LogP contribution in [0.3, 0.4) is 0 Å². The van der Waals surface area contributed by atoms with Gasteiger partial charge in [-0.15, -0.1) is 0 Å². The second-order valence-corrected chi connectivity index (χ2v) is 4.67. The summed E-state index contributed by atoms with van der Waals surface area (Å²) in [5, 5.41) is 2.37. The molecule has 0 atom stereocenters. The van der Waals surface area contributed by atoms with E-state index in [1.165, 1.54) is 24.3 Å². The number of para-hydroxylation sites is 1. The van der Waals surface area contributed by atoms with E-state index in [0.29, 0.717) is 17.0 Å².